The number of para-hydroxylation sites is 1. The molecule has 6 heteroatoms. The van der Waals surface area contributed by atoms with Crippen molar-refractivity contribution in [2.24, 2.45) is 0 Å². The van der Waals surface area contributed by atoms with E-state index in [9.17, 15) is 0 Å². The number of tetrazole rings is 1. The lowest BCUT2D eigenvalue weighted by molar-refractivity contribution is 0.552. The fraction of sp³-hybridized carbons (Fsp3) is 0.0769. The average Bonchev–Trinajstić information content (AvgIpc) is 2.97. The molecule has 1 N–H and O–H groups in total. The van der Waals surface area contributed by atoms with Crippen LogP contribution in [0.1, 0.15) is 11.7 Å². The molecule has 1 aliphatic rings. The van der Waals surface area contributed by atoms with Crippen LogP contribution >= 0.6 is 0 Å². The largest absolute Gasteiger partial charge is 0.359 e. The fourth-order valence-electron chi connectivity index (χ4n) is 2.33. The Morgan fingerprint density at radius 1 is 1.05 bits per heavy atom. The SMILES string of the molecule is c1ccc2c(c1)NC(c1ccncc1)n1nnnc1-2. The van der Waals surface area contributed by atoms with Crippen LogP contribution < -0.4 is 5.32 Å². The Hall–Kier alpha value is -2.76. The highest BCUT2D eigenvalue weighted by molar-refractivity contribution is 5.75. The Kier molecular flexibility index (Phi) is 2.08. The molecule has 2 aromatic heterocycles. The molecule has 0 spiro atoms. The number of hydrogen-bond acceptors (Lipinski definition) is 5. The van der Waals surface area contributed by atoms with Crippen molar-refractivity contribution in [2.45, 2.75) is 6.17 Å². The van der Waals surface area contributed by atoms with Crippen molar-refractivity contribution < 1.29 is 0 Å². The molecule has 1 atom stereocenters. The van der Waals surface area contributed by atoms with Crippen molar-refractivity contribution >= 4 is 5.69 Å². The van der Waals surface area contributed by atoms with Gasteiger partial charge >= 0.3 is 0 Å². The molecule has 3 heterocycles. The van der Waals surface area contributed by atoms with Gasteiger partial charge in [0.2, 0.25) is 0 Å². The van der Waals surface area contributed by atoms with Gasteiger partial charge in [0.05, 0.1) is 0 Å². The van der Waals surface area contributed by atoms with Gasteiger partial charge < -0.3 is 5.32 Å². The topological polar surface area (TPSA) is 68.5 Å². The van der Waals surface area contributed by atoms with Gasteiger partial charge in [-0.25, -0.2) is 0 Å². The molecule has 3 aromatic rings. The van der Waals surface area contributed by atoms with E-state index in [1.165, 1.54) is 0 Å². The summed E-state index contributed by atoms with van der Waals surface area (Å²) < 4.78 is 1.79. The number of nitrogens with one attached hydrogen (secondary N) is 1. The number of rotatable bonds is 1. The van der Waals surface area contributed by atoms with E-state index in [4.69, 9.17) is 0 Å². The highest BCUT2D eigenvalue weighted by Gasteiger charge is 2.26. The lowest BCUT2D eigenvalue weighted by Gasteiger charge is -2.27. The van der Waals surface area contributed by atoms with E-state index < -0.39 is 0 Å². The Labute approximate surface area is 109 Å². The van der Waals surface area contributed by atoms with E-state index >= 15 is 0 Å². The summed E-state index contributed by atoms with van der Waals surface area (Å²) >= 11 is 0. The lowest BCUT2D eigenvalue weighted by Crippen LogP contribution is -2.25. The zero-order chi connectivity index (χ0) is 12.7. The molecule has 1 aromatic carbocycles. The Morgan fingerprint density at radius 2 is 1.89 bits per heavy atom. The molecule has 0 amide bonds. The summed E-state index contributed by atoms with van der Waals surface area (Å²) in [5, 5.41) is 15.4. The minimum absolute atomic E-state index is 0.108. The van der Waals surface area contributed by atoms with E-state index in [0.29, 0.717) is 0 Å². The summed E-state index contributed by atoms with van der Waals surface area (Å²) in [5.41, 5.74) is 3.11. The summed E-state index contributed by atoms with van der Waals surface area (Å²) in [6.07, 6.45) is 3.42. The van der Waals surface area contributed by atoms with Crippen molar-refractivity contribution in [3.8, 4) is 11.4 Å². The monoisotopic (exact) mass is 250 g/mol. The molecule has 0 aliphatic carbocycles. The molecule has 0 bridgehead atoms. The Bertz CT molecular complexity index is 721. The Morgan fingerprint density at radius 3 is 2.79 bits per heavy atom. The Balaban J connectivity index is 1.91. The summed E-state index contributed by atoms with van der Waals surface area (Å²) in [6, 6.07) is 11.9. The third-order valence-electron chi connectivity index (χ3n) is 3.22. The molecule has 0 saturated heterocycles. The molecule has 0 fully saturated rings. The van der Waals surface area contributed by atoms with Crippen molar-refractivity contribution in [1.82, 2.24) is 25.2 Å². The number of hydrogen-bond donors (Lipinski definition) is 1. The summed E-state index contributed by atoms with van der Waals surface area (Å²) in [5.74, 6) is 0.774. The standard InChI is InChI=1S/C13H10N6/c1-2-4-11-10(3-1)13-16-17-18-19(13)12(15-11)9-5-7-14-8-6-9/h1-8,12,15H. The van der Waals surface area contributed by atoms with Crippen LogP contribution in [0.4, 0.5) is 5.69 Å². The van der Waals surface area contributed by atoms with Gasteiger partial charge in [0.25, 0.3) is 0 Å². The highest BCUT2D eigenvalue weighted by Crippen LogP contribution is 2.35. The normalized spacial score (nSPS) is 16.3. The third kappa shape index (κ3) is 1.50. The van der Waals surface area contributed by atoms with E-state index in [1.54, 1.807) is 17.1 Å². The van der Waals surface area contributed by atoms with Crippen LogP contribution in [0.5, 0.6) is 0 Å². The summed E-state index contributed by atoms with van der Waals surface area (Å²) in [4.78, 5) is 4.04. The predicted molar refractivity (Wildman–Crippen MR) is 69.3 cm³/mol. The average molecular weight is 250 g/mol. The zero-order valence-electron chi connectivity index (χ0n) is 9.93. The highest BCUT2D eigenvalue weighted by atomic mass is 15.6. The number of benzene rings is 1. The zero-order valence-corrected chi connectivity index (χ0v) is 9.93. The minimum atomic E-state index is -0.108. The number of nitrogens with zero attached hydrogens (tertiary/aromatic N) is 5. The van der Waals surface area contributed by atoms with Gasteiger partial charge in [-0.3, -0.25) is 4.98 Å². The molecular weight excluding hydrogens is 240 g/mol. The molecule has 1 aliphatic heterocycles. The molecular formula is C13H10N6. The van der Waals surface area contributed by atoms with Gasteiger partial charge in [0.15, 0.2) is 12.0 Å². The first kappa shape index (κ1) is 10.2. The van der Waals surface area contributed by atoms with Gasteiger partial charge in [-0.15, -0.1) is 5.10 Å². The van der Waals surface area contributed by atoms with E-state index in [2.05, 4.69) is 25.8 Å². The van der Waals surface area contributed by atoms with Gasteiger partial charge in [-0.2, -0.15) is 4.68 Å². The van der Waals surface area contributed by atoms with Crippen molar-refractivity contribution in [3.05, 3.63) is 54.4 Å². The quantitative estimate of drug-likeness (QED) is 0.712. The van der Waals surface area contributed by atoms with E-state index in [0.717, 1.165) is 22.6 Å². The maximum atomic E-state index is 4.12. The molecule has 1 unspecified atom stereocenters. The van der Waals surface area contributed by atoms with E-state index in [-0.39, 0.29) is 6.17 Å². The van der Waals surface area contributed by atoms with Gasteiger partial charge in [0.1, 0.15) is 0 Å². The van der Waals surface area contributed by atoms with Crippen molar-refractivity contribution in [3.63, 3.8) is 0 Å². The number of anilines is 1. The van der Waals surface area contributed by atoms with Crippen LogP contribution in [0.3, 0.4) is 0 Å². The second-order valence-electron chi connectivity index (χ2n) is 4.32. The number of fused-ring (bicyclic) bond motifs is 3. The molecule has 19 heavy (non-hydrogen) atoms. The molecule has 92 valence electrons. The number of pyridine rings is 1. The van der Waals surface area contributed by atoms with Crippen LogP contribution in [0, 0.1) is 0 Å². The van der Waals surface area contributed by atoms with Crippen LogP contribution in [0.2, 0.25) is 0 Å². The first-order valence-electron chi connectivity index (χ1n) is 5.97. The second-order valence-corrected chi connectivity index (χ2v) is 4.32. The van der Waals surface area contributed by atoms with Crippen LogP contribution in [0.15, 0.2) is 48.8 Å². The first-order valence-corrected chi connectivity index (χ1v) is 5.97. The maximum absolute atomic E-state index is 4.12. The van der Waals surface area contributed by atoms with Gasteiger partial charge in [-0.1, -0.05) is 12.1 Å². The molecule has 4 rings (SSSR count). The van der Waals surface area contributed by atoms with Crippen LogP contribution in [-0.2, 0) is 0 Å². The fourth-order valence-corrected chi connectivity index (χ4v) is 2.33. The van der Waals surface area contributed by atoms with Crippen molar-refractivity contribution in [2.75, 3.05) is 5.32 Å². The smallest absolute Gasteiger partial charge is 0.186 e. The second kappa shape index (κ2) is 3.88. The number of aromatic nitrogens is 5. The van der Waals surface area contributed by atoms with E-state index in [1.807, 2.05) is 36.4 Å². The molecule has 0 radical (unpaired) electrons. The van der Waals surface area contributed by atoms with Gasteiger partial charge in [-0.05, 0) is 40.3 Å². The van der Waals surface area contributed by atoms with Gasteiger partial charge in [0, 0.05) is 23.6 Å². The summed E-state index contributed by atoms with van der Waals surface area (Å²) in [7, 11) is 0. The predicted octanol–water partition coefficient (Wildman–Crippen LogP) is 1.71. The maximum Gasteiger partial charge on any atom is 0.186 e. The van der Waals surface area contributed by atoms with Crippen molar-refractivity contribution in [1.29, 1.82) is 0 Å². The van der Waals surface area contributed by atoms with Crippen LogP contribution in [0.25, 0.3) is 11.4 Å². The third-order valence-corrected chi connectivity index (χ3v) is 3.22. The van der Waals surface area contributed by atoms with Crippen LogP contribution in [-0.4, -0.2) is 25.2 Å². The molecule has 6 nitrogen and oxygen atoms in total. The summed E-state index contributed by atoms with van der Waals surface area (Å²) in [6.45, 7) is 0. The molecule has 0 saturated carbocycles. The minimum Gasteiger partial charge on any atom is -0.359 e. The first-order chi connectivity index (χ1) is 9.43. The lowest BCUT2D eigenvalue weighted by atomic mass is 10.1.